The van der Waals surface area contributed by atoms with Crippen molar-refractivity contribution >= 4 is 18.0 Å². The molecule has 1 aliphatic rings. The molecular weight excluding hydrogens is 584 g/mol. The van der Waals surface area contributed by atoms with Crippen molar-refractivity contribution in [1.82, 2.24) is 0 Å². The molecule has 0 saturated carbocycles. The average Bonchev–Trinajstić information content (AvgIpc) is 3.07. The smallest absolute Gasteiger partial charge is 0.331 e. The highest BCUT2D eigenvalue weighted by Gasteiger charge is 2.50. The zero-order valence-corrected chi connectivity index (χ0v) is 27.8. The van der Waals surface area contributed by atoms with Crippen LogP contribution in [0.2, 0.25) is 0 Å². The lowest BCUT2D eigenvalue weighted by Crippen LogP contribution is -2.60. The van der Waals surface area contributed by atoms with Crippen molar-refractivity contribution in [2.75, 3.05) is 13.7 Å². The number of methoxy groups -OCH3 is 1. The first kappa shape index (κ1) is 37.0. The van der Waals surface area contributed by atoms with E-state index in [1.165, 1.54) is 44.6 Å². The van der Waals surface area contributed by atoms with Crippen molar-refractivity contribution < 1.29 is 38.0 Å². The van der Waals surface area contributed by atoms with Crippen LogP contribution in [0.25, 0.3) is 6.08 Å². The van der Waals surface area contributed by atoms with Gasteiger partial charge in [-0.25, -0.2) is 4.79 Å². The van der Waals surface area contributed by atoms with Gasteiger partial charge in [0.2, 0.25) is 0 Å². The van der Waals surface area contributed by atoms with Crippen molar-refractivity contribution in [3.8, 4) is 5.75 Å². The van der Waals surface area contributed by atoms with Crippen molar-refractivity contribution in [3.63, 3.8) is 0 Å². The fraction of sp³-hybridized carbons (Fsp3) is 0.526. The lowest BCUT2D eigenvalue weighted by atomic mass is 9.98. The van der Waals surface area contributed by atoms with Crippen LogP contribution in [0.3, 0.4) is 0 Å². The molecule has 8 heteroatoms. The van der Waals surface area contributed by atoms with E-state index in [0.717, 1.165) is 36.1 Å². The summed E-state index contributed by atoms with van der Waals surface area (Å²) in [5.41, 5.74) is 1.72. The molecule has 0 radical (unpaired) electrons. The van der Waals surface area contributed by atoms with Crippen molar-refractivity contribution in [2.24, 2.45) is 0 Å². The molecule has 0 N–H and O–H groups in total. The molecule has 1 saturated heterocycles. The van der Waals surface area contributed by atoms with Gasteiger partial charge in [0.25, 0.3) is 0 Å². The highest BCUT2D eigenvalue weighted by molar-refractivity contribution is 5.87. The summed E-state index contributed by atoms with van der Waals surface area (Å²) < 4.78 is 35.7. The molecule has 3 rings (SSSR count). The van der Waals surface area contributed by atoms with Gasteiger partial charge >= 0.3 is 11.9 Å². The second-order valence-electron chi connectivity index (χ2n) is 11.6. The number of rotatable bonds is 21. The Balaban J connectivity index is 1.71. The maximum atomic E-state index is 13.1. The van der Waals surface area contributed by atoms with Gasteiger partial charge in [-0.05, 0) is 42.7 Å². The SMILES string of the molecule is C=CCO[C@@H]1O[C@@H](C)[C@H](OC(=O)CCCCCCCCCCC)[C@@H](OCc2ccc(OC)cc2)[C@H]1OC(=O)/C=C/c1ccccc1. The van der Waals surface area contributed by atoms with Crippen LogP contribution in [0, 0.1) is 0 Å². The Labute approximate surface area is 275 Å². The normalized spacial score (nSPS) is 21.2. The largest absolute Gasteiger partial charge is 0.497 e. The summed E-state index contributed by atoms with van der Waals surface area (Å²) in [6.07, 6.45) is 11.0. The second kappa shape index (κ2) is 21.4. The molecule has 2 aromatic rings. The Morgan fingerprint density at radius 1 is 0.826 bits per heavy atom. The van der Waals surface area contributed by atoms with Crippen LogP contribution in [0.1, 0.15) is 89.2 Å². The van der Waals surface area contributed by atoms with E-state index >= 15 is 0 Å². The third-order valence-corrected chi connectivity index (χ3v) is 7.92. The summed E-state index contributed by atoms with van der Waals surface area (Å²) in [5.74, 6) is -0.209. The molecule has 0 bridgehead atoms. The number of hydrogen-bond donors (Lipinski definition) is 0. The van der Waals surface area contributed by atoms with Crippen LogP contribution in [-0.4, -0.2) is 56.4 Å². The Kier molecular flexibility index (Phi) is 17.2. The summed E-state index contributed by atoms with van der Waals surface area (Å²) in [6.45, 7) is 8.10. The number of hydrogen-bond acceptors (Lipinski definition) is 8. The molecule has 46 heavy (non-hydrogen) atoms. The van der Waals surface area contributed by atoms with Crippen LogP contribution in [-0.2, 0) is 39.9 Å². The fourth-order valence-electron chi connectivity index (χ4n) is 5.35. The van der Waals surface area contributed by atoms with E-state index in [4.69, 9.17) is 28.4 Å². The fourth-order valence-corrected chi connectivity index (χ4v) is 5.35. The molecule has 2 aromatic carbocycles. The minimum absolute atomic E-state index is 0.166. The number of ether oxygens (including phenoxy) is 6. The van der Waals surface area contributed by atoms with E-state index in [9.17, 15) is 9.59 Å². The van der Waals surface area contributed by atoms with Crippen LogP contribution in [0.5, 0.6) is 5.75 Å². The molecule has 8 nitrogen and oxygen atoms in total. The minimum atomic E-state index is -1.02. The zero-order valence-electron chi connectivity index (χ0n) is 27.8. The van der Waals surface area contributed by atoms with Crippen molar-refractivity contribution in [3.05, 3.63) is 84.5 Å². The average molecular weight is 637 g/mol. The van der Waals surface area contributed by atoms with Crippen LogP contribution in [0.15, 0.2) is 73.3 Å². The summed E-state index contributed by atoms with van der Waals surface area (Å²) in [5, 5.41) is 0. The molecule has 1 heterocycles. The van der Waals surface area contributed by atoms with E-state index in [0.29, 0.717) is 6.42 Å². The summed E-state index contributed by atoms with van der Waals surface area (Å²) in [6, 6.07) is 16.9. The Hall–Kier alpha value is -3.46. The van der Waals surface area contributed by atoms with E-state index in [1.54, 1.807) is 26.2 Å². The molecule has 0 spiro atoms. The molecule has 0 unspecified atom stereocenters. The van der Waals surface area contributed by atoms with Gasteiger partial charge in [-0.3, -0.25) is 4.79 Å². The summed E-state index contributed by atoms with van der Waals surface area (Å²) >= 11 is 0. The molecule has 1 aliphatic heterocycles. The van der Waals surface area contributed by atoms with Crippen molar-refractivity contribution in [1.29, 1.82) is 0 Å². The van der Waals surface area contributed by atoms with E-state index in [-0.39, 0.29) is 19.2 Å². The Morgan fingerprint density at radius 2 is 1.50 bits per heavy atom. The van der Waals surface area contributed by atoms with Gasteiger partial charge in [0.1, 0.15) is 11.9 Å². The minimum Gasteiger partial charge on any atom is -0.497 e. The number of esters is 2. The standard InChI is InChI=1S/C38H52O8/c1-5-7-8-9-10-11-12-13-17-20-33(39)45-35-29(3)44-38(42-27-6-2)37(46-34(40)26-23-30-18-15-14-16-19-30)36(35)43-28-31-21-24-32(41-4)25-22-31/h6,14-16,18-19,21-26,29,35-38H,2,5,7-13,17,20,27-28H2,1,3-4H3/b26-23+/t29-,35-,36+,37+,38+/m0/s1. The quantitative estimate of drug-likeness (QED) is 0.0590. The zero-order chi connectivity index (χ0) is 33.0. The second-order valence-corrected chi connectivity index (χ2v) is 11.6. The topological polar surface area (TPSA) is 89.5 Å². The first-order valence-electron chi connectivity index (χ1n) is 16.7. The van der Waals surface area contributed by atoms with Gasteiger partial charge < -0.3 is 28.4 Å². The van der Waals surface area contributed by atoms with Crippen LogP contribution >= 0.6 is 0 Å². The lowest BCUT2D eigenvalue weighted by Gasteiger charge is -2.44. The van der Waals surface area contributed by atoms with Gasteiger partial charge in [-0.2, -0.15) is 0 Å². The third-order valence-electron chi connectivity index (χ3n) is 7.92. The van der Waals surface area contributed by atoms with Crippen LogP contribution in [0.4, 0.5) is 0 Å². The lowest BCUT2D eigenvalue weighted by molar-refractivity contribution is -0.304. The molecule has 5 atom stereocenters. The predicted octanol–water partition coefficient (Wildman–Crippen LogP) is 7.99. The van der Waals surface area contributed by atoms with E-state index < -0.39 is 36.7 Å². The van der Waals surface area contributed by atoms with E-state index in [1.807, 2.05) is 54.6 Å². The van der Waals surface area contributed by atoms with Gasteiger partial charge in [0.05, 0.1) is 26.4 Å². The number of benzene rings is 2. The molecule has 0 amide bonds. The van der Waals surface area contributed by atoms with Crippen LogP contribution < -0.4 is 4.74 Å². The summed E-state index contributed by atoms with van der Waals surface area (Å²) in [7, 11) is 1.61. The van der Waals surface area contributed by atoms with Gasteiger partial charge in [0, 0.05) is 12.5 Å². The van der Waals surface area contributed by atoms with Crippen molar-refractivity contribution in [2.45, 2.75) is 115 Å². The number of unbranched alkanes of at least 4 members (excludes halogenated alkanes) is 8. The monoisotopic (exact) mass is 636 g/mol. The highest BCUT2D eigenvalue weighted by Crippen LogP contribution is 2.30. The maximum absolute atomic E-state index is 13.1. The molecule has 252 valence electrons. The Morgan fingerprint density at radius 3 is 2.15 bits per heavy atom. The third kappa shape index (κ3) is 13.1. The molecule has 0 aromatic heterocycles. The van der Waals surface area contributed by atoms with Gasteiger partial charge in [-0.1, -0.05) is 107 Å². The van der Waals surface area contributed by atoms with Gasteiger partial charge in [0.15, 0.2) is 18.5 Å². The molecule has 0 aliphatic carbocycles. The molecule has 1 fully saturated rings. The Bertz CT molecular complexity index is 1180. The van der Waals surface area contributed by atoms with E-state index in [2.05, 4.69) is 13.5 Å². The highest BCUT2D eigenvalue weighted by atomic mass is 16.7. The number of carbonyl (C=O) groups is 2. The first-order chi connectivity index (χ1) is 22.4. The predicted molar refractivity (Wildman–Crippen MR) is 179 cm³/mol. The van der Waals surface area contributed by atoms with Gasteiger partial charge in [-0.15, -0.1) is 6.58 Å². The molecular formula is C38H52O8. The maximum Gasteiger partial charge on any atom is 0.331 e. The first-order valence-corrected chi connectivity index (χ1v) is 16.7. The number of carbonyl (C=O) groups excluding carboxylic acids is 2. The summed E-state index contributed by atoms with van der Waals surface area (Å²) in [4.78, 5) is 26.2.